The lowest BCUT2D eigenvalue weighted by Gasteiger charge is -2.11. The van der Waals surface area contributed by atoms with Gasteiger partial charge in [0.25, 0.3) is 0 Å². The highest BCUT2D eigenvalue weighted by molar-refractivity contribution is 7.80. The molecule has 104 valence electrons. The fourth-order valence-electron chi connectivity index (χ4n) is 1.42. The Kier molecular flexibility index (Phi) is 6.21. The maximum absolute atomic E-state index is 11.6. The topological polar surface area (TPSA) is 80.0 Å². The van der Waals surface area contributed by atoms with Gasteiger partial charge in [-0.15, -0.1) is 0 Å². The van der Waals surface area contributed by atoms with Gasteiger partial charge in [-0.3, -0.25) is 4.79 Å². The molecule has 0 aliphatic heterocycles. The van der Waals surface area contributed by atoms with Crippen molar-refractivity contribution in [2.24, 2.45) is 5.73 Å². The molecule has 1 aromatic heterocycles. The molecule has 0 saturated heterocycles. The maximum atomic E-state index is 11.6. The van der Waals surface area contributed by atoms with Crippen LogP contribution >= 0.6 is 12.2 Å². The molecule has 1 unspecified atom stereocenters. The Hall–Kier alpha value is -1.69. The van der Waals surface area contributed by atoms with Crippen molar-refractivity contribution in [2.75, 3.05) is 11.9 Å². The number of nitrogens with one attached hydrogen (secondary N) is 2. The van der Waals surface area contributed by atoms with E-state index >= 15 is 0 Å². The van der Waals surface area contributed by atoms with Crippen LogP contribution in [0.4, 0.5) is 5.82 Å². The van der Waals surface area contributed by atoms with Gasteiger partial charge < -0.3 is 16.4 Å². The van der Waals surface area contributed by atoms with Crippen LogP contribution in [-0.2, 0) is 4.79 Å². The number of nitrogens with two attached hydrogens (primary N) is 1. The Morgan fingerprint density at radius 3 is 2.89 bits per heavy atom. The molecule has 0 radical (unpaired) electrons. The lowest BCUT2D eigenvalue weighted by atomic mass is 10.2. The van der Waals surface area contributed by atoms with E-state index < -0.39 is 0 Å². The highest BCUT2D eigenvalue weighted by atomic mass is 32.1. The van der Waals surface area contributed by atoms with Crippen LogP contribution in [-0.4, -0.2) is 28.5 Å². The van der Waals surface area contributed by atoms with Crippen molar-refractivity contribution in [3.63, 3.8) is 0 Å². The zero-order valence-corrected chi connectivity index (χ0v) is 12.1. The zero-order chi connectivity index (χ0) is 14.3. The van der Waals surface area contributed by atoms with Crippen molar-refractivity contribution in [2.45, 2.75) is 32.7 Å². The highest BCUT2D eigenvalue weighted by Crippen LogP contribution is 2.04. The number of amides is 1. The summed E-state index contributed by atoms with van der Waals surface area (Å²) in [5, 5.41) is 5.98. The van der Waals surface area contributed by atoms with Crippen LogP contribution in [0.3, 0.4) is 0 Å². The number of hydrogen-bond donors (Lipinski definition) is 3. The van der Waals surface area contributed by atoms with Gasteiger partial charge in [-0.05, 0) is 25.5 Å². The average molecular weight is 280 g/mol. The van der Waals surface area contributed by atoms with E-state index in [-0.39, 0.29) is 16.9 Å². The lowest BCUT2D eigenvalue weighted by Crippen LogP contribution is -2.33. The van der Waals surface area contributed by atoms with Crippen LogP contribution in [0.5, 0.6) is 0 Å². The molecular weight excluding hydrogens is 260 g/mol. The third-order valence-corrected chi connectivity index (χ3v) is 2.89. The Morgan fingerprint density at radius 2 is 2.26 bits per heavy atom. The van der Waals surface area contributed by atoms with Gasteiger partial charge in [0.05, 0.1) is 5.69 Å². The minimum Gasteiger partial charge on any atom is -0.388 e. The number of carbonyl (C=O) groups is 1. The molecule has 0 bridgehead atoms. The Labute approximate surface area is 119 Å². The number of aromatic nitrogens is 1. The number of pyridine rings is 1. The third kappa shape index (κ3) is 5.65. The number of hydrogen-bond acceptors (Lipinski definition) is 4. The smallest absolute Gasteiger partial charge is 0.221 e. The third-order valence-electron chi connectivity index (χ3n) is 2.68. The Bertz CT molecular complexity index is 450. The molecule has 0 aliphatic rings. The first kappa shape index (κ1) is 15.4. The molecule has 0 spiro atoms. The quantitative estimate of drug-likeness (QED) is 0.658. The highest BCUT2D eigenvalue weighted by Gasteiger charge is 2.05. The normalized spacial score (nSPS) is 11.7. The van der Waals surface area contributed by atoms with Crippen LogP contribution in [0, 0.1) is 0 Å². The van der Waals surface area contributed by atoms with Crippen LogP contribution in [0.15, 0.2) is 18.2 Å². The molecule has 1 rings (SSSR count). The predicted molar refractivity (Wildman–Crippen MR) is 81.1 cm³/mol. The number of rotatable bonds is 7. The molecule has 4 N–H and O–H groups in total. The molecule has 0 fully saturated rings. The van der Waals surface area contributed by atoms with Gasteiger partial charge in [-0.2, -0.15) is 0 Å². The summed E-state index contributed by atoms with van der Waals surface area (Å²) >= 11 is 4.86. The molecule has 0 saturated carbocycles. The molecule has 19 heavy (non-hydrogen) atoms. The molecule has 5 nitrogen and oxygen atoms in total. The summed E-state index contributed by atoms with van der Waals surface area (Å²) in [7, 11) is 0. The van der Waals surface area contributed by atoms with Gasteiger partial charge in [0.1, 0.15) is 10.8 Å². The first-order valence-electron chi connectivity index (χ1n) is 6.33. The molecule has 1 aromatic rings. The molecule has 6 heteroatoms. The predicted octanol–water partition coefficient (Wildman–Crippen LogP) is 1.43. The SMILES string of the molecule is CCC(C)NC(=O)CCNc1cccc(C(N)=S)n1. The van der Waals surface area contributed by atoms with Crippen LogP contribution in [0.25, 0.3) is 0 Å². The monoisotopic (exact) mass is 280 g/mol. The summed E-state index contributed by atoms with van der Waals surface area (Å²) in [6.07, 6.45) is 1.33. The van der Waals surface area contributed by atoms with Crippen molar-refractivity contribution in [1.29, 1.82) is 0 Å². The van der Waals surface area contributed by atoms with E-state index in [0.29, 0.717) is 24.5 Å². The van der Waals surface area contributed by atoms with Gasteiger partial charge in [0.2, 0.25) is 5.91 Å². The van der Waals surface area contributed by atoms with Gasteiger partial charge in [-0.1, -0.05) is 25.2 Å². The van der Waals surface area contributed by atoms with Gasteiger partial charge in [0, 0.05) is 19.0 Å². The second-order valence-corrected chi connectivity index (χ2v) is 4.77. The van der Waals surface area contributed by atoms with Crippen molar-refractivity contribution in [1.82, 2.24) is 10.3 Å². The lowest BCUT2D eigenvalue weighted by molar-refractivity contribution is -0.121. The molecule has 1 amide bonds. The fourth-order valence-corrected chi connectivity index (χ4v) is 1.54. The summed E-state index contributed by atoms with van der Waals surface area (Å²) in [6.45, 7) is 4.54. The van der Waals surface area contributed by atoms with Crippen molar-refractivity contribution < 1.29 is 4.79 Å². The van der Waals surface area contributed by atoms with Crippen molar-refractivity contribution in [3.8, 4) is 0 Å². The summed E-state index contributed by atoms with van der Waals surface area (Å²) in [4.78, 5) is 16.1. The second kappa shape index (κ2) is 7.68. The van der Waals surface area contributed by atoms with Crippen LogP contribution < -0.4 is 16.4 Å². The first-order valence-corrected chi connectivity index (χ1v) is 6.73. The molecule has 1 atom stereocenters. The van der Waals surface area contributed by atoms with E-state index in [1.807, 2.05) is 26.0 Å². The van der Waals surface area contributed by atoms with Gasteiger partial charge >= 0.3 is 0 Å². The van der Waals surface area contributed by atoms with E-state index in [4.69, 9.17) is 18.0 Å². The van der Waals surface area contributed by atoms with E-state index in [2.05, 4.69) is 15.6 Å². The summed E-state index contributed by atoms with van der Waals surface area (Å²) < 4.78 is 0. The van der Waals surface area contributed by atoms with Crippen LogP contribution in [0.1, 0.15) is 32.4 Å². The van der Waals surface area contributed by atoms with E-state index in [1.165, 1.54) is 0 Å². The number of anilines is 1. The second-order valence-electron chi connectivity index (χ2n) is 4.33. The summed E-state index contributed by atoms with van der Waals surface area (Å²) in [5.74, 6) is 0.703. The number of nitrogens with zero attached hydrogens (tertiary/aromatic N) is 1. The molecular formula is C13H20N4OS. The van der Waals surface area contributed by atoms with Crippen molar-refractivity contribution >= 4 is 28.9 Å². The number of carbonyl (C=O) groups excluding carboxylic acids is 1. The van der Waals surface area contributed by atoms with Crippen molar-refractivity contribution in [3.05, 3.63) is 23.9 Å². The van der Waals surface area contributed by atoms with Gasteiger partial charge in [-0.25, -0.2) is 4.98 Å². The average Bonchev–Trinajstić information content (AvgIpc) is 2.38. The fraction of sp³-hybridized carbons (Fsp3) is 0.462. The van der Waals surface area contributed by atoms with E-state index in [0.717, 1.165) is 6.42 Å². The maximum Gasteiger partial charge on any atom is 0.221 e. The molecule has 1 heterocycles. The summed E-state index contributed by atoms with van der Waals surface area (Å²) in [5.41, 5.74) is 6.08. The number of thiocarbonyl (C=S) groups is 1. The van der Waals surface area contributed by atoms with Gasteiger partial charge in [0.15, 0.2) is 0 Å². The zero-order valence-electron chi connectivity index (χ0n) is 11.3. The molecule has 0 aromatic carbocycles. The van der Waals surface area contributed by atoms with E-state index in [1.54, 1.807) is 6.07 Å². The Morgan fingerprint density at radius 1 is 1.53 bits per heavy atom. The minimum absolute atomic E-state index is 0.0346. The minimum atomic E-state index is 0.0346. The van der Waals surface area contributed by atoms with Crippen LogP contribution in [0.2, 0.25) is 0 Å². The van der Waals surface area contributed by atoms with E-state index in [9.17, 15) is 4.79 Å². The standard InChI is InChI=1S/C13H20N4OS/c1-3-9(2)16-12(18)7-8-15-11-6-4-5-10(17-11)13(14)19/h4-6,9H,3,7-8H2,1-2H3,(H2,14,19)(H,15,17)(H,16,18). The largest absolute Gasteiger partial charge is 0.388 e. The first-order chi connectivity index (χ1) is 9.02. The molecule has 0 aliphatic carbocycles. The Balaban J connectivity index is 2.39. The summed E-state index contributed by atoms with van der Waals surface area (Å²) in [6, 6.07) is 5.60.